The molecule has 1 nitrogen and oxygen atoms in total. The lowest BCUT2D eigenvalue weighted by Gasteiger charge is -1.93. The molecule has 1 N–H and O–H groups in total. The highest BCUT2D eigenvalue weighted by Crippen LogP contribution is 2.12. The lowest BCUT2D eigenvalue weighted by atomic mass is 10.2. The van der Waals surface area contributed by atoms with Crippen molar-refractivity contribution in [2.75, 3.05) is 0 Å². The Morgan fingerprint density at radius 1 is 1.36 bits per heavy atom. The van der Waals surface area contributed by atoms with Gasteiger partial charge in [0.05, 0.1) is 5.83 Å². The summed E-state index contributed by atoms with van der Waals surface area (Å²) in [6.45, 7) is 1.38. The standard InChI is InChI=1S/C9H9FO/c1-7(10)6-8-2-4-9(11)5-3-8/h2-6,11H,1H3. The number of aromatic hydroxyl groups is 1. The molecule has 0 aromatic heterocycles. The highest BCUT2D eigenvalue weighted by molar-refractivity contribution is 5.51. The molecule has 0 fully saturated rings. The number of phenolic OH excluding ortho intramolecular Hbond substituents is 1. The maximum absolute atomic E-state index is 12.3. The van der Waals surface area contributed by atoms with E-state index in [1.807, 2.05) is 0 Å². The van der Waals surface area contributed by atoms with E-state index in [1.54, 1.807) is 12.1 Å². The molecule has 0 heterocycles. The molecule has 0 aliphatic rings. The van der Waals surface area contributed by atoms with E-state index in [0.29, 0.717) is 0 Å². The summed E-state index contributed by atoms with van der Waals surface area (Å²) in [5, 5.41) is 8.88. The Bertz CT molecular complexity index is 257. The maximum Gasteiger partial charge on any atom is 0.115 e. The first-order valence-electron chi connectivity index (χ1n) is 3.31. The van der Waals surface area contributed by atoms with Gasteiger partial charge in [0.25, 0.3) is 0 Å². The topological polar surface area (TPSA) is 20.2 Å². The van der Waals surface area contributed by atoms with Crippen LogP contribution in [0.25, 0.3) is 6.08 Å². The van der Waals surface area contributed by atoms with Crippen molar-refractivity contribution < 1.29 is 9.50 Å². The minimum absolute atomic E-state index is 0.193. The summed E-state index contributed by atoms with van der Waals surface area (Å²) in [6.07, 6.45) is 1.40. The van der Waals surface area contributed by atoms with Gasteiger partial charge in [-0.25, -0.2) is 4.39 Å². The van der Waals surface area contributed by atoms with Gasteiger partial charge in [-0.2, -0.15) is 0 Å². The summed E-state index contributed by atoms with van der Waals surface area (Å²) < 4.78 is 12.3. The number of benzene rings is 1. The Balaban J connectivity index is 2.91. The normalized spacial score (nSPS) is 11.6. The van der Waals surface area contributed by atoms with Crippen LogP contribution < -0.4 is 0 Å². The van der Waals surface area contributed by atoms with E-state index < -0.39 is 0 Å². The predicted molar refractivity (Wildman–Crippen MR) is 42.9 cm³/mol. The first-order chi connectivity index (χ1) is 5.18. The Morgan fingerprint density at radius 3 is 2.36 bits per heavy atom. The third-order valence-corrected chi connectivity index (χ3v) is 1.26. The van der Waals surface area contributed by atoms with E-state index in [1.165, 1.54) is 25.1 Å². The van der Waals surface area contributed by atoms with E-state index >= 15 is 0 Å². The molecule has 1 rings (SSSR count). The number of halogens is 1. The zero-order valence-corrected chi connectivity index (χ0v) is 6.21. The van der Waals surface area contributed by atoms with E-state index in [0.717, 1.165) is 5.56 Å². The SMILES string of the molecule is CC(F)=Cc1ccc(O)cc1. The zero-order chi connectivity index (χ0) is 8.27. The Labute approximate surface area is 64.8 Å². The minimum Gasteiger partial charge on any atom is -0.508 e. The molecule has 1 aromatic rings. The first-order valence-corrected chi connectivity index (χ1v) is 3.31. The van der Waals surface area contributed by atoms with Crippen molar-refractivity contribution in [2.24, 2.45) is 0 Å². The van der Waals surface area contributed by atoms with Gasteiger partial charge < -0.3 is 5.11 Å². The molecule has 2 heteroatoms. The number of hydrogen-bond acceptors (Lipinski definition) is 1. The molecule has 11 heavy (non-hydrogen) atoms. The zero-order valence-electron chi connectivity index (χ0n) is 6.21. The predicted octanol–water partition coefficient (Wildman–Crippen LogP) is 2.72. The summed E-state index contributed by atoms with van der Waals surface area (Å²) in [5.74, 6) is -0.0469. The van der Waals surface area contributed by atoms with Crippen molar-refractivity contribution in [1.29, 1.82) is 0 Å². The maximum atomic E-state index is 12.3. The summed E-state index contributed by atoms with van der Waals surface area (Å²) in [7, 11) is 0. The van der Waals surface area contributed by atoms with Crippen molar-refractivity contribution in [3.05, 3.63) is 35.7 Å². The molecule has 0 radical (unpaired) electrons. The van der Waals surface area contributed by atoms with Gasteiger partial charge in [-0.3, -0.25) is 0 Å². The molecule has 0 bridgehead atoms. The van der Waals surface area contributed by atoms with Crippen LogP contribution in [0.2, 0.25) is 0 Å². The fraction of sp³-hybridized carbons (Fsp3) is 0.111. The quantitative estimate of drug-likeness (QED) is 0.656. The van der Waals surface area contributed by atoms with Crippen LogP contribution in [0.5, 0.6) is 5.75 Å². The molecule has 1 aromatic carbocycles. The van der Waals surface area contributed by atoms with Crippen LogP contribution in [0.4, 0.5) is 4.39 Å². The van der Waals surface area contributed by atoms with Crippen LogP contribution in [0.1, 0.15) is 12.5 Å². The number of allylic oxidation sites excluding steroid dienone is 1. The Kier molecular flexibility index (Phi) is 2.26. The number of phenols is 1. The molecule has 0 saturated heterocycles. The highest BCUT2D eigenvalue weighted by atomic mass is 19.1. The third kappa shape index (κ3) is 2.42. The smallest absolute Gasteiger partial charge is 0.115 e. The Morgan fingerprint density at radius 2 is 1.91 bits per heavy atom. The largest absolute Gasteiger partial charge is 0.508 e. The molecule has 0 aliphatic carbocycles. The monoisotopic (exact) mass is 152 g/mol. The van der Waals surface area contributed by atoms with Gasteiger partial charge in [-0.15, -0.1) is 0 Å². The van der Waals surface area contributed by atoms with Crippen molar-refractivity contribution >= 4 is 6.08 Å². The summed E-state index contributed by atoms with van der Waals surface area (Å²) in [4.78, 5) is 0. The van der Waals surface area contributed by atoms with Gasteiger partial charge in [0, 0.05) is 0 Å². The molecule has 58 valence electrons. The average Bonchev–Trinajstić information content (AvgIpc) is 1.93. The third-order valence-electron chi connectivity index (χ3n) is 1.26. The lowest BCUT2D eigenvalue weighted by Crippen LogP contribution is -1.70. The molecule has 0 amide bonds. The number of hydrogen-bond donors (Lipinski definition) is 1. The fourth-order valence-electron chi connectivity index (χ4n) is 0.800. The second-order valence-electron chi connectivity index (χ2n) is 2.32. The summed E-state index contributed by atoms with van der Waals surface area (Å²) >= 11 is 0. The van der Waals surface area contributed by atoms with Crippen LogP contribution >= 0.6 is 0 Å². The van der Waals surface area contributed by atoms with Gasteiger partial charge in [0.15, 0.2) is 0 Å². The van der Waals surface area contributed by atoms with Gasteiger partial charge in [0.1, 0.15) is 5.75 Å². The van der Waals surface area contributed by atoms with Crippen LogP contribution in [0.15, 0.2) is 30.1 Å². The molecule has 0 atom stereocenters. The highest BCUT2D eigenvalue weighted by Gasteiger charge is 1.89. The second-order valence-corrected chi connectivity index (χ2v) is 2.32. The van der Waals surface area contributed by atoms with Crippen molar-refractivity contribution in [3.63, 3.8) is 0 Å². The average molecular weight is 152 g/mol. The van der Waals surface area contributed by atoms with Crippen molar-refractivity contribution in [1.82, 2.24) is 0 Å². The Hall–Kier alpha value is -1.31. The molecule has 0 unspecified atom stereocenters. The van der Waals surface area contributed by atoms with Crippen LogP contribution in [0, 0.1) is 0 Å². The van der Waals surface area contributed by atoms with Gasteiger partial charge in [0.2, 0.25) is 0 Å². The molecule has 0 aliphatic heterocycles. The fourth-order valence-corrected chi connectivity index (χ4v) is 0.800. The lowest BCUT2D eigenvalue weighted by molar-refractivity contribution is 0.475. The van der Waals surface area contributed by atoms with E-state index in [4.69, 9.17) is 5.11 Å². The molecule has 0 saturated carbocycles. The van der Waals surface area contributed by atoms with Crippen LogP contribution in [0.3, 0.4) is 0 Å². The van der Waals surface area contributed by atoms with Crippen molar-refractivity contribution in [2.45, 2.75) is 6.92 Å². The van der Waals surface area contributed by atoms with Crippen LogP contribution in [-0.4, -0.2) is 5.11 Å². The van der Waals surface area contributed by atoms with E-state index in [2.05, 4.69) is 0 Å². The van der Waals surface area contributed by atoms with E-state index in [9.17, 15) is 4.39 Å². The molecular weight excluding hydrogens is 143 g/mol. The van der Waals surface area contributed by atoms with Gasteiger partial charge in [-0.05, 0) is 30.7 Å². The number of rotatable bonds is 1. The second kappa shape index (κ2) is 3.19. The van der Waals surface area contributed by atoms with E-state index in [-0.39, 0.29) is 11.6 Å². The van der Waals surface area contributed by atoms with Crippen molar-refractivity contribution in [3.8, 4) is 5.75 Å². The summed E-state index contributed by atoms with van der Waals surface area (Å²) in [6, 6.07) is 6.35. The van der Waals surface area contributed by atoms with Gasteiger partial charge >= 0.3 is 0 Å². The first kappa shape index (κ1) is 7.79. The van der Waals surface area contributed by atoms with Crippen LogP contribution in [-0.2, 0) is 0 Å². The summed E-state index contributed by atoms with van der Waals surface area (Å²) in [5.41, 5.74) is 0.753. The minimum atomic E-state index is -0.240. The molecule has 0 spiro atoms. The van der Waals surface area contributed by atoms with Gasteiger partial charge in [-0.1, -0.05) is 12.1 Å². The molecular formula is C9H9FO.